The number of anilines is 1. The highest BCUT2D eigenvalue weighted by Crippen LogP contribution is 2.29. The number of nitrogens with zero attached hydrogens (tertiary/aromatic N) is 4. The first-order valence-corrected chi connectivity index (χ1v) is 11.0. The minimum atomic E-state index is 0.0816. The van der Waals surface area contributed by atoms with Gasteiger partial charge in [0.25, 0.3) is 0 Å². The highest BCUT2D eigenvalue weighted by molar-refractivity contribution is 6.04. The van der Waals surface area contributed by atoms with Gasteiger partial charge >= 0.3 is 0 Å². The van der Waals surface area contributed by atoms with Crippen LogP contribution in [0.5, 0.6) is 0 Å². The van der Waals surface area contributed by atoms with Gasteiger partial charge in [0.2, 0.25) is 0 Å². The van der Waals surface area contributed by atoms with Gasteiger partial charge in [-0.1, -0.05) is 18.7 Å². The number of rotatable bonds is 6. The first-order valence-electron chi connectivity index (χ1n) is 11.0. The predicted molar refractivity (Wildman–Crippen MR) is 138 cm³/mol. The highest BCUT2D eigenvalue weighted by atomic mass is 16.1. The zero-order valence-electron chi connectivity index (χ0n) is 20.6. The van der Waals surface area contributed by atoms with Crippen LogP contribution in [0, 0.1) is 13.8 Å². The number of carbonyl (C=O) groups excluding carboxylic acids is 1. The molecule has 0 N–H and O–H groups in total. The average Bonchev–Trinajstić information content (AvgIpc) is 2.95. The van der Waals surface area contributed by atoms with E-state index in [2.05, 4.69) is 50.3 Å². The van der Waals surface area contributed by atoms with Gasteiger partial charge in [0.1, 0.15) is 0 Å². The molecule has 1 aliphatic rings. The van der Waals surface area contributed by atoms with Crippen molar-refractivity contribution in [1.29, 1.82) is 0 Å². The van der Waals surface area contributed by atoms with Crippen molar-refractivity contribution in [2.24, 2.45) is 9.98 Å². The molecule has 0 aliphatic carbocycles. The molecule has 2 aromatic rings. The molecule has 170 valence electrons. The van der Waals surface area contributed by atoms with Gasteiger partial charge in [0.05, 0.1) is 0 Å². The van der Waals surface area contributed by atoms with Crippen LogP contribution in [0.3, 0.4) is 0 Å². The number of ketones is 1. The standard InChI is InChI=1S/C19H23N3O.C8H13N/c1-13-18(12-20-4)19(15(3)23)14(2)22(13)17-8-5-7-16(11-17)21-9-6-10-21;1-5-8(4)6-9-7(2)3/h5,7-8,11-12H,6,9-10H2,1-4H3;5-6H,2H2,1,3-4H3/b;8-5-,9-6?. The second-order valence-corrected chi connectivity index (χ2v) is 8.13. The summed E-state index contributed by atoms with van der Waals surface area (Å²) in [6.45, 7) is 17.4. The van der Waals surface area contributed by atoms with E-state index < -0.39 is 0 Å². The number of hydrogen-bond acceptors (Lipinski definition) is 4. The van der Waals surface area contributed by atoms with Gasteiger partial charge in [-0.15, -0.1) is 0 Å². The Kier molecular flexibility index (Phi) is 8.94. The number of aliphatic imine (C=N–C) groups is 2. The molecule has 0 bridgehead atoms. The molecule has 0 radical (unpaired) electrons. The fraction of sp³-hybridized carbons (Fsp3) is 0.370. The minimum absolute atomic E-state index is 0.0816. The third-order valence-corrected chi connectivity index (χ3v) is 5.56. The molecule has 1 aliphatic heterocycles. The van der Waals surface area contributed by atoms with Gasteiger partial charge in [-0.2, -0.15) is 0 Å². The van der Waals surface area contributed by atoms with Crippen LogP contribution in [0.15, 0.2) is 58.2 Å². The quantitative estimate of drug-likeness (QED) is 0.408. The van der Waals surface area contributed by atoms with Crippen molar-refractivity contribution < 1.29 is 4.79 Å². The number of hydrogen-bond donors (Lipinski definition) is 0. The number of benzene rings is 1. The lowest BCUT2D eigenvalue weighted by Crippen LogP contribution is -2.36. The Morgan fingerprint density at radius 3 is 2.25 bits per heavy atom. The van der Waals surface area contributed by atoms with Crippen LogP contribution < -0.4 is 4.90 Å². The first kappa shape index (κ1) is 25.1. The third-order valence-electron chi connectivity index (χ3n) is 5.56. The average molecular weight is 433 g/mol. The molecule has 0 amide bonds. The van der Waals surface area contributed by atoms with E-state index in [0.717, 1.165) is 52.6 Å². The van der Waals surface area contributed by atoms with Crippen LogP contribution in [-0.2, 0) is 0 Å². The summed E-state index contributed by atoms with van der Waals surface area (Å²) in [6.07, 6.45) is 6.86. The molecule has 1 aromatic carbocycles. The van der Waals surface area contributed by atoms with Gasteiger partial charge in [0.15, 0.2) is 5.78 Å². The van der Waals surface area contributed by atoms with Crippen LogP contribution in [0.4, 0.5) is 5.69 Å². The zero-order valence-corrected chi connectivity index (χ0v) is 20.6. The maximum Gasteiger partial charge on any atom is 0.162 e. The van der Waals surface area contributed by atoms with E-state index in [9.17, 15) is 4.79 Å². The Labute approximate surface area is 192 Å². The molecule has 1 saturated heterocycles. The fourth-order valence-electron chi connectivity index (χ4n) is 3.67. The summed E-state index contributed by atoms with van der Waals surface area (Å²) in [7, 11) is 1.74. The maximum atomic E-state index is 12.1. The van der Waals surface area contributed by atoms with E-state index in [0.29, 0.717) is 0 Å². The molecule has 3 rings (SSSR count). The topological polar surface area (TPSA) is 50.0 Å². The van der Waals surface area contributed by atoms with Crippen molar-refractivity contribution in [3.63, 3.8) is 0 Å². The number of aromatic nitrogens is 1. The van der Waals surface area contributed by atoms with Gasteiger partial charge in [0, 0.05) is 72.2 Å². The second-order valence-electron chi connectivity index (χ2n) is 8.13. The van der Waals surface area contributed by atoms with Crippen molar-refractivity contribution >= 4 is 23.9 Å². The molecule has 0 atom stereocenters. The normalized spacial score (nSPS) is 13.8. The monoisotopic (exact) mass is 432 g/mol. The van der Waals surface area contributed by atoms with E-state index in [-0.39, 0.29) is 5.78 Å². The third kappa shape index (κ3) is 5.94. The number of Topliss-reactive ketones (excluding diaryl/α,β-unsaturated/α-hetero) is 1. The predicted octanol–water partition coefficient (Wildman–Crippen LogP) is 6.11. The van der Waals surface area contributed by atoms with E-state index in [1.54, 1.807) is 20.2 Å². The maximum absolute atomic E-state index is 12.1. The van der Waals surface area contributed by atoms with Crippen LogP contribution in [0.1, 0.15) is 61.4 Å². The van der Waals surface area contributed by atoms with Gasteiger partial charge < -0.3 is 9.47 Å². The molecular weight excluding hydrogens is 396 g/mol. The Bertz CT molecular complexity index is 1070. The molecular formula is C27H36N4O. The van der Waals surface area contributed by atoms with Crippen LogP contribution in [-0.4, -0.2) is 42.9 Å². The molecule has 5 nitrogen and oxygen atoms in total. The summed E-state index contributed by atoms with van der Waals surface area (Å²) in [4.78, 5) is 22.6. The molecule has 0 saturated carbocycles. The van der Waals surface area contributed by atoms with E-state index >= 15 is 0 Å². The first-order chi connectivity index (χ1) is 15.2. The van der Waals surface area contributed by atoms with E-state index in [1.165, 1.54) is 12.1 Å². The smallest absolute Gasteiger partial charge is 0.162 e. The molecule has 1 fully saturated rings. The summed E-state index contributed by atoms with van der Waals surface area (Å²) >= 11 is 0. The van der Waals surface area contributed by atoms with Crippen molar-refractivity contribution in [3.05, 3.63) is 70.7 Å². The largest absolute Gasteiger partial charge is 0.371 e. The summed E-state index contributed by atoms with van der Waals surface area (Å²) in [5, 5.41) is 0. The minimum Gasteiger partial charge on any atom is -0.371 e. The highest BCUT2D eigenvalue weighted by Gasteiger charge is 2.21. The second kappa shape index (κ2) is 11.4. The molecule has 2 heterocycles. The van der Waals surface area contributed by atoms with Gasteiger partial charge in [-0.25, -0.2) is 0 Å². The number of carbonyl (C=O) groups is 1. The van der Waals surface area contributed by atoms with Crippen molar-refractivity contribution in [1.82, 2.24) is 4.57 Å². The Morgan fingerprint density at radius 1 is 1.09 bits per heavy atom. The van der Waals surface area contributed by atoms with E-state index in [4.69, 9.17) is 0 Å². The molecule has 32 heavy (non-hydrogen) atoms. The van der Waals surface area contributed by atoms with Crippen LogP contribution >= 0.6 is 0 Å². The summed E-state index contributed by atoms with van der Waals surface area (Å²) < 4.78 is 2.16. The molecule has 0 unspecified atom stereocenters. The molecule has 5 heteroatoms. The van der Waals surface area contributed by atoms with Crippen molar-refractivity contribution in [3.8, 4) is 5.69 Å². The zero-order chi connectivity index (χ0) is 23.8. The SMILES string of the molecule is C=C(C)N=C/C(C)=C\C.CN=Cc1c(C(C)=O)c(C)n(-c2cccc(N3CCC3)c2)c1C. The molecule has 0 spiro atoms. The van der Waals surface area contributed by atoms with Gasteiger partial charge in [-0.3, -0.25) is 14.8 Å². The Morgan fingerprint density at radius 2 is 1.75 bits per heavy atom. The van der Waals surface area contributed by atoms with Crippen molar-refractivity contribution in [2.45, 2.75) is 48.0 Å². The van der Waals surface area contributed by atoms with Crippen LogP contribution in [0.25, 0.3) is 5.69 Å². The van der Waals surface area contributed by atoms with E-state index in [1.807, 2.05) is 46.9 Å². The summed E-state index contributed by atoms with van der Waals surface area (Å²) in [5.74, 6) is 0.0816. The summed E-state index contributed by atoms with van der Waals surface area (Å²) in [5.41, 5.74) is 8.08. The number of allylic oxidation sites excluding steroid dienone is 3. The lowest BCUT2D eigenvalue weighted by atomic mass is 10.1. The fourth-order valence-corrected chi connectivity index (χ4v) is 3.67. The van der Waals surface area contributed by atoms with Gasteiger partial charge in [-0.05, 0) is 71.7 Å². The Balaban J connectivity index is 0.000000344. The van der Waals surface area contributed by atoms with Crippen LogP contribution in [0.2, 0.25) is 0 Å². The lowest BCUT2D eigenvalue weighted by molar-refractivity contribution is 0.101. The summed E-state index contributed by atoms with van der Waals surface area (Å²) in [6, 6.07) is 8.54. The Hall–Kier alpha value is -3.21. The molecule has 1 aromatic heterocycles. The van der Waals surface area contributed by atoms with Crippen molar-refractivity contribution in [2.75, 3.05) is 25.0 Å². The lowest BCUT2D eigenvalue weighted by Gasteiger charge is -2.33.